The van der Waals surface area contributed by atoms with Gasteiger partial charge in [-0.25, -0.2) is 4.79 Å². The van der Waals surface area contributed by atoms with E-state index in [0.29, 0.717) is 11.3 Å². The maximum Gasteiger partial charge on any atom is 0.341 e. The van der Waals surface area contributed by atoms with Gasteiger partial charge >= 0.3 is 5.97 Å². The van der Waals surface area contributed by atoms with Crippen molar-refractivity contribution in [3.8, 4) is 0 Å². The van der Waals surface area contributed by atoms with Crippen molar-refractivity contribution in [1.29, 1.82) is 0 Å². The van der Waals surface area contributed by atoms with Crippen LogP contribution in [0.25, 0.3) is 10.9 Å². The number of fused-ring (bicyclic) bond motifs is 1. The molecule has 124 valence electrons. The van der Waals surface area contributed by atoms with E-state index in [1.807, 2.05) is 65.8 Å². The minimum Gasteiger partial charge on any atom is -0.456 e. The van der Waals surface area contributed by atoms with Crippen LogP contribution in [0, 0.1) is 0 Å². The topological polar surface area (TPSA) is 48.3 Å². The first-order chi connectivity index (χ1) is 10.4. The highest BCUT2D eigenvalue weighted by atomic mass is 16.6. The Morgan fingerprint density at radius 2 is 1.57 bits per heavy atom. The highest BCUT2D eigenvalue weighted by Crippen LogP contribution is 2.35. The lowest BCUT2D eigenvalue weighted by Crippen LogP contribution is -2.28. The van der Waals surface area contributed by atoms with Crippen LogP contribution in [0.3, 0.4) is 0 Å². The highest BCUT2D eigenvalue weighted by molar-refractivity contribution is 6.09. The number of hydrogen-bond donors (Lipinski definition) is 0. The molecular formula is C19H25NO3. The van der Waals surface area contributed by atoms with Crippen LogP contribution in [0.4, 0.5) is 0 Å². The average molecular weight is 315 g/mol. The number of esters is 1. The van der Waals surface area contributed by atoms with Crippen molar-refractivity contribution in [2.24, 2.45) is 0 Å². The van der Waals surface area contributed by atoms with E-state index in [9.17, 15) is 9.59 Å². The summed E-state index contributed by atoms with van der Waals surface area (Å²) in [6.07, 6.45) is 0. The summed E-state index contributed by atoms with van der Waals surface area (Å²) in [6.45, 7) is 13.0. The molecule has 0 saturated carbocycles. The number of rotatable bonds is 1. The first-order valence-corrected chi connectivity index (χ1v) is 7.81. The molecule has 0 saturated heterocycles. The highest BCUT2D eigenvalue weighted by Gasteiger charge is 2.33. The molecule has 0 N–H and O–H groups in total. The molecule has 4 heteroatoms. The van der Waals surface area contributed by atoms with Crippen LogP contribution in [-0.4, -0.2) is 22.0 Å². The fraction of sp³-hybridized carbons (Fsp3) is 0.474. The molecule has 0 aliphatic heterocycles. The van der Waals surface area contributed by atoms with E-state index in [4.69, 9.17) is 4.74 Å². The van der Waals surface area contributed by atoms with E-state index in [1.165, 1.54) is 6.92 Å². The second kappa shape index (κ2) is 5.52. The largest absolute Gasteiger partial charge is 0.456 e. The maximum atomic E-state index is 12.8. The van der Waals surface area contributed by atoms with Gasteiger partial charge in [0.1, 0.15) is 5.60 Å². The molecule has 1 aromatic carbocycles. The number of benzene rings is 1. The van der Waals surface area contributed by atoms with Gasteiger partial charge in [-0.1, -0.05) is 39.0 Å². The Hall–Kier alpha value is -2.10. The molecule has 0 unspecified atom stereocenters. The average Bonchev–Trinajstić information content (AvgIpc) is 2.71. The summed E-state index contributed by atoms with van der Waals surface area (Å²) in [7, 11) is 0. The van der Waals surface area contributed by atoms with Gasteiger partial charge < -0.3 is 4.74 Å². The van der Waals surface area contributed by atoms with Crippen LogP contribution in [0.2, 0.25) is 0 Å². The summed E-state index contributed by atoms with van der Waals surface area (Å²) in [4.78, 5) is 25.1. The minimum absolute atomic E-state index is 0.110. The normalized spacial score (nSPS) is 12.5. The lowest BCUT2D eigenvalue weighted by molar-refractivity contribution is 0.00691. The smallest absolute Gasteiger partial charge is 0.341 e. The lowest BCUT2D eigenvalue weighted by atomic mass is 9.88. The number of ether oxygens (including phenoxy) is 1. The second-order valence-electron chi connectivity index (χ2n) is 7.85. The fourth-order valence-corrected chi connectivity index (χ4v) is 2.81. The Kier molecular flexibility index (Phi) is 4.14. The monoisotopic (exact) mass is 315 g/mol. The van der Waals surface area contributed by atoms with Gasteiger partial charge in [0, 0.05) is 23.4 Å². The Labute approximate surface area is 137 Å². The molecule has 0 atom stereocenters. The first kappa shape index (κ1) is 17.3. The van der Waals surface area contributed by atoms with Gasteiger partial charge in [0.05, 0.1) is 11.1 Å². The van der Waals surface area contributed by atoms with Gasteiger partial charge in [-0.2, -0.15) is 0 Å². The fourth-order valence-electron chi connectivity index (χ4n) is 2.81. The zero-order valence-electron chi connectivity index (χ0n) is 15.0. The van der Waals surface area contributed by atoms with Crippen LogP contribution < -0.4 is 0 Å². The third kappa shape index (κ3) is 3.31. The molecule has 1 heterocycles. The number of carbonyl (C=O) groups excluding carboxylic acids is 2. The molecule has 2 aromatic rings. The standard InChI is InChI=1S/C19H25NO3/c1-12(21)20-14-11-9-8-10-13(14)15(16(20)18(2,3)4)17(22)23-19(5,6)7/h8-11H,1-7H3. The number of para-hydroxylation sites is 1. The first-order valence-electron chi connectivity index (χ1n) is 7.81. The number of carbonyl (C=O) groups is 2. The Morgan fingerprint density at radius 3 is 2.04 bits per heavy atom. The minimum atomic E-state index is -0.592. The van der Waals surface area contributed by atoms with Gasteiger partial charge in [-0.3, -0.25) is 9.36 Å². The zero-order chi connectivity index (χ0) is 17.6. The molecular weight excluding hydrogens is 290 g/mol. The van der Waals surface area contributed by atoms with E-state index < -0.39 is 11.6 Å². The predicted octanol–water partition coefficient (Wildman–Crippen LogP) is 4.55. The summed E-state index contributed by atoms with van der Waals surface area (Å²) in [5.74, 6) is -0.500. The van der Waals surface area contributed by atoms with Crippen LogP contribution in [0.5, 0.6) is 0 Å². The molecule has 2 rings (SSSR count). The number of hydrogen-bond acceptors (Lipinski definition) is 3. The van der Waals surface area contributed by atoms with Crippen molar-refractivity contribution in [3.63, 3.8) is 0 Å². The van der Waals surface area contributed by atoms with Crippen molar-refractivity contribution >= 4 is 22.8 Å². The quantitative estimate of drug-likeness (QED) is 0.725. The van der Waals surface area contributed by atoms with E-state index in [0.717, 1.165) is 10.9 Å². The molecule has 0 fully saturated rings. The van der Waals surface area contributed by atoms with Gasteiger partial charge in [0.25, 0.3) is 0 Å². The van der Waals surface area contributed by atoms with E-state index >= 15 is 0 Å². The molecule has 0 bridgehead atoms. The SMILES string of the molecule is CC(=O)n1c(C(C)(C)C)c(C(=O)OC(C)(C)C)c2ccccc21. The van der Waals surface area contributed by atoms with Crippen molar-refractivity contribution in [2.75, 3.05) is 0 Å². The predicted molar refractivity (Wildman–Crippen MR) is 92.1 cm³/mol. The van der Waals surface area contributed by atoms with Crippen LogP contribution in [0.1, 0.15) is 69.3 Å². The lowest BCUT2D eigenvalue weighted by Gasteiger charge is -2.24. The Bertz CT molecular complexity index is 770. The number of nitrogens with zero attached hydrogens (tertiary/aromatic N) is 1. The van der Waals surface area contributed by atoms with Gasteiger partial charge in [-0.15, -0.1) is 0 Å². The third-order valence-corrected chi connectivity index (χ3v) is 3.50. The van der Waals surface area contributed by atoms with Gasteiger partial charge in [0.2, 0.25) is 5.91 Å². The Morgan fingerprint density at radius 1 is 1.00 bits per heavy atom. The van der Waals surface area contributed by atoms with Crippen LogP contribution >= 0.6 is 0 Å². The van der Waals surface area contributed by atoms with E-state index in [2.05, 4.69) is 0 Å². The summed E-state index contributed by atoms with van der Waals surface area (Å²) in [5, 5.41) is 0.752. The summed E-state index contributed by atoms with van der Waals surface area (Å²) < 4.78 is 7.23. The summed E-state index contributed by atoms with van der Waals surface area (Å²) in [6, 6.07) is 7.46. The van der Waals surface area contributed by atoms with Crippen LogP contribution in [0.15, 0.2) is 24.3 Å². The summed E-state index contributed by atoms with van der Waals surface area (Å²) >= 11 is 0. The van der Waals surface area contributed by atoms with Gasteiger partial charge in [0.15, 0.2) is 0 Å². The van der Waals surface area contributed by atoms with Crippen molar-refractivity contribution in [1.82, 2.24) is 4.57 Å². The molecule has 0 aliphatic rings. The zero-order valence-corrected chi connectivity index (χ0v) is 15.0. The van der Waals surface area contributed by atoms with Gasteiger partial charge in [-0.05, 0) is 26.8 Å². The molecule has 0 radical (unpaired) electrons. The maximum absolute atomic E-state index is 12.8. The second-order valence-corrected chi connectivity index (χ2v) is 7.85. The van der Waals surface area contributed by atoms with Crippen molar-refractivity contribution < 1.29 is 14.3 Å². The van der Waals surface area contributed by atoms with Crippen molar-refractivity contribution in [3.05, 3.63) is 35.5 Å². The molecule has 0 spiro atoms. The van der Waals surface area contributed by atoms with E-state index in [-0.39, 0.29) is 11.3 Å². The third-order valence-electron chi connectivity index (χ3n) is 3.50. The van der Waals surface area contributed by atoms with Crippen LogP contribution in [-0.2, 0) is 10.2 Å². The molecule has 1 aromatic heterocycles. The number of aromatic nitrogens is 1. The molecule has 23 heavy (non-hydrogen) atoms. The molecule has 0 aliphatic carbocycles. The van der Waals surface area contributed by atoms with Crippen molar-refractivity contribution in [2.45, 2.75) is 59.5 Å². The molecule has 0 amide bonds. The molecule has 4 nitrogen and oxygen atoms in total. The van der Waals surface area contributed by atoms with E-state index in [1.54, 1.807) is 4.57 Å². The Balaban J connectivity index is 2.87. The summed E-state index contributed by atoms with van der Waals surface area (Å²) in [5.41, 5.74) is 0.951.